The molecule has 0 saturated carbocycles. The minimum Gasteiger partial charge on any atom is -0.468 e. The summed E-state index contributed by atoms with van der Waals surface area (Å²) in [6, 6.07) is 11.1. The van der Waals surface area contributed by atoms with Gasteiger partial charge in [-0.2, -0.15) is 0 Å². The molecule has 0 spiro atoms. The highest BCUT2D eigenvalue weighted by Crippen LogP contribution is 2.19. The maximum Gasteiger partial charge on any atom is 0.492 e. The summed E-state index contributed by atoms with van der Waals surface area (Å²) < 4.78 is 10.1. The second-order valence-electron chi connectivity index (χ2n) is 3.66. The second kappa shape index (κ2) is 5.18. The van der Waals surface area contributed by atoms with Crippen LogP contribution in [-0.4, -0.2) is 31.1 Å². The van der Waals surface area contributed by atoms with E-state index in [4.69, 9.17) is 9.47 Å². The van der Waals surface area contributed by atoms with E-state index in [9.17, 15) is 10.0 Å². The Bertz CT molecular complexity index is 513. The molecular formula is C12H13BO4. The fourth-order valence-corrected chi connectivity index (χ4v) is 1.69. The average Bonchev–Trinajstić information content (AvgIpc) is 2.35. The lowest BCUT2D eigenvalue weighted by molar-refractivity contribution is 0.0518. The summed E-state index contributed by atoms with van der Waals surface area (Å²) in [5.74, 6) is 0.417. The molecule has 5 heteroatoms. The van der Waals surface area contributed by atoms with Gasteiger partial charge in [-0.25, -0.2) is 0 Å². The highest BCUT2D eigenvalue weighted by atomic mass is 16.7. The quantitative estimate of drug-likeness (QED) is 0.595. The Morgan fingerprint density at radius 3 is 2.35 bits per heavy atom. The number of ether oxygens (including phenoxy) is 2. The molecule has 17 heavy (non-hydrogen) atoms. The molecule has 2 rings (SSSR count). The molecule has 0 fully saturated rings. The van der Waals surface area contributed by atoms with Crippen LogP contribution in [0.25, 0.3) is 10.8 Å². The summed E-state index contributed by atoms with van der Waals surface area (Å²) >= 11 is 0. The van der Waals surface area contributed by atoms with E-state index in [0.29, 0.717) is 11.2 Å². The van der Waals surface area contributed by atoms with E-state index in [2.05, 4.69) is 0 Å². The molecule has 0 aliphatic heterocycles. The lowest BCUT2D eigenvalue weighted by Crippen LogP contribution is -2.31. The lowest BCUT2D eigenvalue weighted by Gasteiger charge is -2.11. The highest BCUT2D eigenvalue weighted by Gasteiger charge is 2.18. The van der Waals surface area contributed by atoms with Crippen molar-refractivity contribution in [1.29, 1.82) is 0 Å². The van der Waals surface area contributed by atoms with Gasteiger partial charge in [0.25, 0.3) is 0 Å². The fourth-order valence-electron chi connectivity index (χ4n) is 1.69. The third kappa shape index (κ3) is 2.58. The van der Waals surface area contributed by atoms with Crippen LogP contribution in [0.5, 0.6) is 5.75 Å². The van der Waals surface area contributed by atoms with Crippen LogP contribution in [0, 0.1) is 0 Å². The van der Waals surface area contributed by atoms with Crippen molar-refractivity contribution in [3.05, 3.63) is 36.4 Å². The molecule has 0 bridgehead atoms. The summed E-state index contributed by atoms with van der Waals surface area (Å²) in [7, 11) is -0.0534. The van der Waals surface area contributed by atoms with Crippen LogP contribution in [0.1, 0.15) is 0 Å². The van der Waals surface area contributed by atoms with Crippen LogP contribution in [0.15, 0.2) is 36.4 Å². The van der Waals surface area contributed by atoms with Gasteiger partial charge in [-0.05, 0) is 16.8 Å². The number of benzene rings is 2. The maximum atomic E-state index is 9.30. The normalized spacial score (nSPS) is 10.5. The number of rotatable bonds is 4. The minimum absolute atomic E-state index is 0.0675. The minimum atomic E-state index is -1.56. The van der Waals surface area contributed by atoms with Crippen molar-refractivity contribution in [2.24, 2.45) is 0 Å². The van der Waals surface area contributed by atoms with Crippen molar-refractivity contribution < 1.29 is 19.5 Å². The Labute approximate surface area is 99.6 Å². The first-order chi connectivity index (χ1) is 8.22. The van der Waals surface area contributed by atoms with Crippen molar-refractivity contribution in [1.82, 2.24) is 0 Å². The van der Waals surface area contributed by atoms with Gasteiger partial charge in [0.15, 0.2) is 6.79 Å². The van der Waals surface area contributed by atoms with Crippen molar-refractivity contribution in [3.63, 3.8) is 0 Å². The number of fused-ring (bicyclic) bond motifs is 1. The summed E-state index contributed by atoms with van der Waals surface area (Å²) in [6.45, 7) is 0.0675. The van der Waals surface area contributed by atoms with Crippen LogP contribution >= 0.6 is 0 Å². The molecule has 88 valence electrons. The third-order valence-corrected chi connectivity index (χ3v) is 2.49. The average molecular weight is 232 g/mol. The van der Waals surface area contributed by atoms with Crippen molar-refractivity contribution in [2.75, 3.05) is 13.9 Å². The monoisotopic (exact) mass is 232 g/mol. The Kier molecular flexibility index (Phi) is 3.63. The lowest BCUT2D eigenvalue weighted by atomic mass is 9.78. The molecular weight excluding hydrogens is 219 g/mol. The van der Waals surface area contributed by atoms with Gasteiger partial charge in [-0.3, -0.25) is 0 Å². The highest BCUT2D eigenvalue weighted by molar-refractivity contribution is 6.60. The van der Waals surface area contributed by atoms with E-state index in [1.807, 2.05) is 24.3 Å². The van der Waals surface area contributed by atoms with E-state index < -0.39 is 7.12 Å². The molecule has 2 aromatic carbocycles. The third-order valence-electron chi connectivity index (χ3n) is 2.49. The Morgan fingerprint density at radius 1 is 1.12 bits per heavy atom. The molecule has 0 amide bonds. The van der Waals surface area contributed by atoms with E-state index in [1.165, 1.54) is 7.11 Å². The first kappa shape index (κ1) is 11.9. The standard InChI is InChI=1S/C12H13BO4/c1-16-8-17-12-7-10-5-3-2-4-9(10)6-11(12)13(14)15/h2-7,14-15H,8H2,1H3. The number of methoxy groups -OCH3 is 1. The summed E-state index contributed by atoms with van der Waals surface area (Å²) in [4.78, 5) is 0. The zero-order valence-electron chi connectivity index (χ0n) is 9.46. The van der Waals surface area contributed by atoms with Crippen LogP contribution in [0.2, 0.25) is 0 Å². The van der Waals surface area contributed by atoms with Crippen LogP contribution in [0.4, 0.5) is 0 Å². The van der Waals surface area contributed by atoms with Crippen molar-refractivity contribution in [3.8, 4) is 5.75 Å². The van der Waals surface area contributed by atoms with Gasteiger partial charge in [0, 0.05) is 12.6 Å². The van der Waals surface area contributed by atoms with Crippen LogP contribution in [-0.2, 0) is 4.74 Å². The Hall–Kier alpha value is -1.56. The van der Waals surface area contributed by atoms with Gasteiger partial charge in [0.2, 0.25) is 0 Å². The predicted octanol–water partition coefficient (Wildman–Crippen LogP) is 0.502. The number of hydrogen-bond acceptors (Lipinski definition) is 4. The molecule has 0 unspecified atom stereocenters. The molecule has 0 saturated heterocycles. The SMILES string of the molecule is COCOc1cc2ccccc2cc1B(O)O. The molecule has 4 nitrogen and oxygen atoms in total. The van der Waals surface area contributed by atoms with E-state index in [-0.39, 0.29) is 6.79 Å². The van der Waals surface area contributed by atoms with Gasteiger partial charge < -0.3 is 19.5 Å². The second-order valence-corrected chi connectivity index (χ2v) is 3.66. The van der Waals surface area contributed by atoms with Crippen molar-refractivity contribution in [2.45, 2.75) is 0 Å². The van der Waals surface area contributed by atoms with Crippen LogP contribution < -0.4 is 10.2 Å². The first-order valence-corrected chi connectivity index (χ1v) is 5.23. The zero-order chi connectivity index (χ0) is 12.3. The molecule has 0 heterocycles. The van der Waals surface area contributed by atoms with Crippen molar-refractivity contribution >= 4 is 23.4 Å². The van der Waals surface area contributed by atoms with E-state index in [1.54, 1.807) is 12.1 Å². The smallest absolute Gasteiger partial charge is 0.468 e. The van der Waals surface area contributed by atoms with Gasteiger partial charge in [0.05, 0.1) is 0 Å². The fraction of sp³-hybridized carbons (Fsp3) is 0.167. The molecule has 0 radical (unpaired) electrons. The maximum absolute atomic E-state index is 9.30. The summed E-state index contributed by atoms with van der Waals surface area (Å²) in [5.41, 5.74) is 0.334. The molecule has 2 aromatic rings. The molecule has 0 atom stereocenters. The largest absolute Gasteiger partial charge is 0.492 e. The van der Waals surface area contributed by atoms with Gasteiger partial charge in [-0.1, -0.05) is 30.3 Å². The van der Waals surface area contributed by atoms with E-state index >= 15 is 0 Å². The van der Waals surface area contributed by atoms with E-state index in [0.717, 1.165) is 10.8 Å². The zero-order valence-corrected chi connectivity index (χ0v) is 9.46. The first-order valence-electron chi connectivity index (χ1n) is 5.23. The summed E-state index contributed by atoms with van der Waals surface area (Å²) in [5, 5.41) is 20.5. The van der Waals surface area contributed by atoms with Gasteiger partial charge >= 0.3 is 7.12 Å². The predicted molar refractivity (Wildman–Crippen MR) is 66.3 cm³/mol. The van der Waals surface area contributed by atoms with Crippen LogP contribution in [0.3, 0.4) is 0 Å². The molecule has 0 aromatic heterocycles. The Balaban J connectivity index is 2.50. The van der Waals surface area contributed by atoms with Gasteiger partial charge in [0.1, 0.15) is 5.75 Å². The molecule has 0 aliphatic carbocycles. The topological polar surface area (TPSA) is 58.9 Å². The number of hydrogen-bond donors (Lipinski definition) is 2. The molecule has 2 N–H and O–H groups in total. The van der Waals surface area contributed by atoms with Gasteiger partial charge in [-0.15, -0.1) is 0 Å². The Morgan fingerprint density at radius 2 is 1.76 bits per heavy atom. The summed E-state index contributed by atoms with van der Waals surface area (Å²) in [6.07, 6.45) is 0. The molecule has 0 aliphatic rings.